The van der Waals surface area contributed by atoms with E-state index in [4.69, 9.17) is 14.2 Å². The zero-order valence-corrected chi connectivity index (χ0v) is 19.3. The molecule has 0 N–H and O–H groups in total. The van der Waals surface area contributed by atoms with E-state index in [1.807, 2.05) is 49.4 Å². The normalized spacial score (nSPS) is 10.7. The third kappa shape index (κ3) is 4.55. The molecule has 0 radical (unpaired) electrons. The summed E-state index contributed by atoms with van der Waals surface area (Å²) in [6, 6.07) is 20.3. The van der Waals surface area contributed by atoms with Gasteiger partial charge in [0.15, 0.2) is 0 Å². The molecule has 0 spiro atoms. The highest BCUT2D eigenvalue weighted by molar-refractivity contribution is 6.14. The molecule has 0 amide bonds. The first-order chi connectivity index (χ1) is 16.2. The number of carbonyl (C=O) groups is 2. The number of carbonyl (C=O) groups excluding carboxylic acids is 2. The van der Waals surface area contributed by atoms with E-state index in [9.17, 15) is 9.59 Å². The number of rotatable bonds is 6. The van der Waals surface area contributed by atoms with Gasteiger partial charge in [0.25, 0.3) is 0 Å². The second-order valence-corrected chi connectivity index (χ2v) is 8.17. The number of aryl methyl sites for hydroxylation is 1. The van der Waals surface area contributed by atoms with E-state index in [1.165, 1.54) is 0 Å². The summed E-state index contributed by atoms with van der Waals surface area (Å²) in [6.07, 6.45) is 0. The van der Waals surface area contributed by atoms with Gasteiger partial charge in [0.1, 0.15) is 23.0 Å². The summed E-state index contributed by atoms with van der Waals surface area (Å²) >= 11 is 0. The first kappa shape index (κ1) is 22.8. The summed E-state index contributed by atoms with van der Waals surface area (Å²) in [4.78, 5) is 25.0. The maximum absolute atomic E-state index is 12.5. The van der Waals surface area contributed by atoms with Gasteiger partial charge in [0, 0.05) is 32.7 Å². The van der Waals surface area contributed by atoms with Crippen LogP contribution in [0.25, 0.3) is 21.5 Å². The quantitative estimate of drug-likeness (QED) is 0.136. The zero-order valence-electron chi connectivity index (χ0n) is 19.3. The van der Waals surface area contributed by atoms with Gasteiger partial charge in [0.2, 0.25) is 0 Å². The van der Waals surface area contributed by atoms with Gasteiger partial charge < -0.3 is 14.2 Å². The Balaban J connectivity index is 1.96. The molecule has 0 heterocycles. The molecule has 0 aliphatic carbocycles. The third-order valence-electron chi connectivity index (χ3n) is 5.24. The molecule has 0 aliphatic heterocycles. The predicted octanol–water partition coefficient (Wildman–Crippen LogP) is 7.06. The molecule has 5 nitrogen and oxygen atoms in total. The summed E-state index contributed by atoms with van der Waals surface area (Å²) < 4.78 is 17.6. The van der Waals surface area contributed by atoms with Crippen LogP contribution in [-0.4, -0.2) is 11.9 Å². The molecule has 5 heteroatoms. The fourth-order valence-electron chi connectivity index (χ4n) is 3.46. The van der Waals surface area contributed by atoms with Crippen LogP contribution < -0.4 is 14.2 Å². The van der Waals surface area contributed by atoms with E-state index in [2.05, 4.69) is 13.2 Å². The van der Waals surface area contributed by atoms with Gasteiger partial charge in [-0.05, 0) is 51.1 Å². The van der Waals surface area contributed by atoms with Crippen LogP contribution in [0.2, 0.25) is 0 Å². The average molecular weight is 453 g/mol. The van der Waals surface area contributed by atoms with E-state index >= 15 is 0 Å². The highest BCUT2D eigenvalue weighted by Crippen LogP contribution is 2.44. The maximum atomic E-state index is 12.5. The zero-order chi connectivity index (χ0) is 24.4. The van der Waals surface area contributed by atoms with Crippen LogP contribution >= 0.6 is 0 Å². The maximum Gasteiger partial charge on any atom is 0.338 e. The van der Waals surface area contributed by atoms with Crippen molar-refractivity contribution in [3.63, 3.8) is 0 Å². The number of hydrogen-bond donors (Lipinski definition) is 0. The first-order valence-electron chi connectivity index (χ1n) is 10.7. The largest absolute Gasteiger partial charge is 0.457 e. The van der Waals surface area contributed by atoms with E-state index in [0.29, 0.717) is 44.5 Å². The Bertz CT molecular complexity index is 1460. The molecule has 0 aromatic heterocycles. The molecule has 0 aliphatic rings. The Hall–Kier alpha value is -4.38. The van der Waals surface area contributed by atoms with Gasteiger partial charge >= 0.3 is 11.9 Å². The van der Waals surface area contributed by atoms with Crippen molar-refractivity contribution in [2.45, 2.75) is 20.8 Å². The van der Waals surface area contributed by atoms with E-state index < -0.39 is 11.9 Å². The Morgan fingerprint density at radius 3 is 1.65 bits per heavy atom. The van der Waals surface area contributed by atoms with Crippen LogP contribution in [0.3, 0.4) is 0 Å². The fourth-order valence-corrected chi connectivity index (χ4v) is 3.46. The van der Waals surface area contributed by atoms with Crippen LogP contribution in [-0.2, 0) is 9.59 Å². The SMILES string of the molecule is C=C(C)C(=O)Oc1c2ccccc2c(OC(=O)C(=C)C)c2cc(Oc3ccc(C)cc3)ccc12. The topological polar surface area (TPSA) is 61.8 Å². The molecule has 4 rings (SSSR count). The monoisotopic (exact) mass is 452 g/mol. The Labute approximate surface area is 197 Å². The molecule has 4 aromatic carbocycles. The van der Waals surface area contributed by atoms with Crippen LogP contribution in [0, 0.1) is 6.92 Å². The molecule has 0 bridgehead atoms. The van der Waals surface area contributed by atoms with Gasteiger partial charge in [-0.3, -0.25) is 0 Å². The Kier molecular flexibility index (Phi) is 6.19. The van der Waals surface area contributed by atoms with Crippen molar-refractivity contribution in [3.05, 3.63) is 96.6 Å². The average Bonchev–Trinajstić information content (AvgIpc) is 2.82. The molecule has 0 fully saturated rings. The van der Waals surface area contributed by atoms with Crippen LogP contribution in [0.5, 0.6) is 23.0 Å². The number of fused-ring (bicyclic) bond motifs is 2. The van der Waals surface area contributed by atoms with Crippen molar-refractivity contribution in [1.29, 1.82) is 0 Å². The van der Waals surface area contributed by atoms with Gasteiger partial charge in [-0.1, -0.05) is 55.1 Å². The predicted molar refractivity (Wildman–Crippen MR) is 134 cm³/mol. The molecule has 4 aromatic rings. The van der Waals surface area contributed by atoms with E-state index in [-0.39, 0.29) is 11.1 Å². The van der Waals surface area contributed by atoms with Crippen molar-refractivity contribution in [2.75, 3.05) is 0 Å². The highest BCUT2D eigenvalue weighted by Gasteiger charge is 2.21. The molecule has 0 saturated carbocycles. The highest BCUT2D eigenvalue weighted by atomic mass is 16.5. The molecule has 0 atom stereocenters. The van der Waals surface area contributed by atoms with Crippen LogP contribution in [0.4, 0.5) is 0 Å². The van der Waals surface area contributed by atoms with Crippen molar-refractivity contribution in [3.8, 4) is 23.0 Å². The number of hydrogen-bond acceptors (Lipinski definition) is 5. The van der Waals surface area contributed by atoms with Gasteiger partial charge in [-0.15, -0.1) is 0 Å². The molecular weight excluding hydrogens is 428 g/mol. The summed E-state index contributed by atoms with van der Waals surface area (Å²) in [5, 5.41) is 2.39. The van der Waals surface area contributed by atoms with Crippen molar-refractivity contribution in [1.82, 2.24) is 0 Å². The minimum atomic E-state index is -0.553. The summed E-state index contributed by atoms with van der Waals surface area (Å²) in [7, 11) is 0. The van der Waals surface area contributed by atoms with Crippen molar-refractivity contribution < 1.29 is 23.8 Å². The van der Waals surface area contributed by atoms with Crippen LogP contribution in [0.1, 0.15) is 19.4 Å². The standard InChI is InChI=1S/C29H24O5/c1-17(2)28(30)33-26-22-8-6-7-9-23(22)27(34-29(31)18(3)4)25-16-21(14-15-24(25)26)32-20-12-10-19(5)11-13-20/h6-16H,1,3H2,2,4-5H3. The minimum Gasteiger partial charge on any atom is -0.457 e. The number of ether oxygens (including phenoxy) is 3. The van der Waals surface area contributed by atoms with Crippen molar-refractivity contribution >= 4 is 33.5 Å². The summed E-state index contributed by atoms with van der Waals surface area (Å²) in [6.45, 7) is 12.5. The Morgan fingerprint density at radius 1 is 0.647 bits per heavy atom. The van der Waals surface area contributed by atoms with Gasteiger partial charge in [-0.2, -0.15) is 0 Å². The number of benzene rings is 4. The lowest BCUT2D eigenvalue weighted by atomic mass is 10.00. The lowest BCUT2D eigenvalue weighted by molar-refractivity contribution is -0.130. The van der Waals surface area contributed by atoms with Gasteiger partial charge in [-0.25, -0.2) is 9.59 Å². The second kappa shape index (κ2) is 9.24. The fraction of sp³-hybridized carbons (Fsp3) is 0.103. The summed E-state index contributed by atoms with van der Waals surface area (Å²) in [5.41, 5.74) is 1.66. The lowest BCUT2D eigenvalue weighted by Crippen LogP contribution is -2.11. The van der Waals surface area contributed by atoms with E-state index in [1.54, 1.807) is 38.1 Å². The molecule has 0 unspecified atom stereocenters. The molecule has 170 valence electrons. The Morgan fingerprint density at radius 2 is 1.12 bits per heavy atom. The van der Waals surface area contributed by atoms with Crippen LogP contribution in [0.15, 0.2) is 91.0 Å². The number of esters is 2. The van der Waals surface area contributed by atoms with Crippen molar-refractivity contribution in [2.24, 2.45) is 0 Å². The first-order valence-corrected chi connectivity index (χ1v) is 10.7. The molecular formula is C29H24O5. The minimum absolute atomic E-state index is 0.266. The smallest absolute Gasteiger partial charge is 0.338 e. The second-order valence-electron chi connectivity index (χ2n) is 8.17. The molecule has 34 heavy (non-hydrogen) atoms. The van der Waals surface area contributed by atoms with E-state index in [0.717, 1.165) is 5.56 Å². The molecule has 0 saturated heterocycles. The van der Waals surface area contributed by atoms with Gasteiger partial charge in [0.05, 0.1) is 0 Å². The summed E-state index contributed by atoms with van der Waals surface area (Å²) in [5.74, 6) is 0.802. The lowest BCUT2D eigenvalue weighted by Gasteiger charge is -2.17. The third-order valence-corrected chi connectivity index (χ3v) is 5.24.